The molecule has 0 aromatic heterocycles. The Bertz CT molecular complexity index is 349. The lowest BCUT2D eigenvalue weighted by molar-refractivity contribution is 0.0944. The molecule has 0 atom stereocenters. The first-order valence-electron chi connectivity index (χ1n) is 6.21. The quantitative estimate of drug-likeness (QED) is 0.719. The third-order valence-corrected chi connectivity index (χ3v) is 2.48. The SMILES string of the molecule is CCOCCCNC(=O)c1ccc(COC)cc1. The lowest BCUT2D eigenvalue weighted by Gasteiger charge is -2.06. The predicted octanol–water partition coefficient (Wildman–Crippen LogP) is 1.99. The average Bonchev–Trinajstić information content (AvgIpc) is 2.39. The van der Waals surface area contributed by atoms with Crippen molar-refractivity contribution < 1.29 is 14.3 Å². The van der Waals surface area contributed by atoms with Crippen LogP contribution in [0.25, 0.3) is 0 Å². The number of rotatable bonds is 8. The first kappa shape index (κ1) is 14.7. The number of hydrogen-bond acceptors (Lipinski definition) is 3. The van der Waals surface area contributed by atoms with E-state index < -0.39 is 0 Å². The number of carbonyl (C=O) groups is 1. The van der Waals surface area contributed by atoms with Crippen LogP contribution in [0, 0.1) is 0 Å². The summed E-state index contributed by atoms with van der Waals surface area (Å²) in [6, 6.07) is 7.43. The van der Waals surface area contributed by atoms with Gasteiger partial charge in [0.15, 0.2) is 0 Å². The number of nitrogens with one attached hydrogen (secondary N) is 1. The first-order valence-corrected chi connectivity index (χ1v) is 6.21. The van der Waals surface area contributed by atoms with Gasteiger partial charge in [-0.25, -0.2) is 0 Å². The molecule has 100 valence electrons. The number of carbonyl (C=O) groups excluding carboxylic acids is 1. The van der Waals surface area contributed by atoms with Gasteiger partial charge < -0.3 is 14.8 Å². The largest absolute Gasteiger partial charge is 0.382 e. The third kappa shape index (κ3) is 5.29. The Morgan fingerprint density at radius 2 is 2.00 bits per heavy atom. The third-order valence-electron chi connectivity index (χ3n) is 2.48. The van der Waals surface area contributed by atoms with Crippen molar-refractivity contribution in [1.29, 1.82) is 0 Å². The van der Waals surface area contributed by atoms with E-state index in [2.05, 4.69) is 5.32 Å². The van der Waals surface area contributed by atoms with E-state index in [1.165, 1.54) is 0 Å². The lowest BCUT2D eigenvalue weighted by Crippen LogP contribution is -2.25. The van der Waals surface area contributed by atoms with Crippen LogP contribution in [0.15, 0.2) is 24.3 Å². The summed E-state index contributed by atoms with van der Waals surface area (Å²) in [5.74, 6) is -0.0459. The summed E-state index contributed by atoms with van der Waals surface area (Å²) in [5.41, 5.74) is 1.73. The van der Waals surface area contributed by atoms with Gasteiger partial charge in [0, 0.05) is 32.4 Å². The Morgan fingerprint density at radius 1 is 1.28 bits per heavy atom. The zero-order valence-electron chi connectivity index (χ0n) is 11.1. The molecule has 1 amide bonds. The second-order valence-corrected chi connectivity index (χ2v) is 3.94. The molecule has 1 aromatic rings. The van der Waals surface area contributed by atoms with Crippen LogP contribution < -0.4 is 5.32 Å². The smallest absolute Gasteiger partial charge is 0.251 e. The van der Waals surface area contributed by atoms with E-state index in [1.54, 1.807) is 7.11 Å². The molecule has 0 spiro atoms. The van der Waals surface area contributed by atoms with Gasteiger partial charge in [-0.3, -0.25) is 4.79 Å². The number of methoxy groups -OCH3 is 1. The molecule has 1 aromatic carbocycles. The summed E-state index contributed by atoms with van der Waals surface area (Å²) in [4.78, 5) is 11.8. The lowest BCUT2D eigenvalue weighted by atomic mass is 10.1. The fourth-order valence-corrected chi connectivity index (χ4v) is 1.54. The van der Waals surface area contributed by atoms with Crippen LogP contribution in [0.1, 0.15) is 29.3 Å². The molecule has 0 aliphatic carbocycles. The van der Waals surface area contributed by atoms with Crippen LogP contribution in [0.2, 0.25) is 0 Å². The van der Waals surface area contributed by atoms with Gasteiger partial charge in [0.2, 0.25) is 0 Å². The highest BCUT2D eigenvalue weighted by Gasteiger charge is 2.04. The molecule has 1 rings (SSSR count). The second-order valence-electron chi connectivity index (χ2n) is 3.94. The number of benzene rings is 1. The van der Waals surface area contributed by atoms with Gasteiger partial charge in [0.1, 0.15) is 0 Å². The fourth-order valence-electron chi connectivity index (χ4n) is 1.54. The van der Waals surface area contributed by atoms with Crippen molar-refractivity contribution in [1.82, 2.24) is 5.32 Å². The zero-order chi connectivity index (χ0) is 13.2. The maximum Gasteiger partial charge on any atom is 0.251 e. The highest BCUT2D eigenvalue weighted by molar-refractivity contribution is 5.94. The van der Waals surface area contributed by atoms with Crippen molar-refractivity contribution in [2.24, 2.45) is 0 Å². The second kappa shape index (κ2) is 8.66. The van der Waals surface area contributed by atoms with Gasteiger partial charge in [0.05, 0.1) is 6.61 Å². The van der Waals surface area contributed by atoms with E-state index in [4.69, 9.17) is 9.47 Å². The summed E-state index contributed by atoms with van der Waals surface area (Å²) in [6.07, 6.45) is 0.835. The molecule has 4 nitrogen and oxygen atoms in total. The monoisotopic (exact) mass is 251 g/mol. The van der Waals surface area contributed by atoms with Gasteiger partial charge in [-0.1, -0.05) is 12.1 Å². The molecule has 0 radical (unpaired) electrons. The van der Waals surface area contributed by atoms with Crippen molar-refractivity contribution in [3.63, 3.8) is 0 Å². The van der Waals surface area contributed by atoms with Gasteiger partial charge in [0.25, 0.3) is 5.91 Å². The maximum absolute atomic E-state index is 11.8. The molecule has 0 saturated heterocycles. The average molecular weight is 251 g/mol. The van der Waals surface area contributed by atoms with E-state index >= 15 is 0 Å². The topological polar surface area (TPSA) is 47.6 Å². The van der Waals surface area contributed by atoms with Crippen molar-refractivity contribution in [3.05, 3.63) is 35.4 Å². The summed E-state index contributed by atoms with van der Waals surface area (Å²) in [5, 5.41) is 2.86. The van der Waals surface area contributed by atoms with Crippen LogP contribution in [-0.4, -0.2) is 32.8 Å². The Morgan fingerprint density at radius 3 is 2.61 bits per heavy atom. The van der Waals surface area contributed by atoms with E-state index in [0.29, 0.717) is 25.3 Å². The highest BCUT2D eigenvalue weighted by atomic mass is 16.5. The molecular formula is C14H21NO3. The van der Waals surface area contributed by atoms with Gasteiger partial charge in [-0.05, 0) is 31.0 Å². The van der Waals surface area contributed by atoms with Crippen LogP contribution in [0.5, 0.6) is 0 Å². The van der Waals surface area contributed by atoms with Crippen LogP contribution >= 0.6 is 0 Å². The Labute approximate surface area is 108 Å². The normalized spacial score (nSPS) is 10.3. The van der Waals surface area contributed by atoms with Crippen LogP contribution in [0.4, 0.5) is 0 Å². The minimum Gasteiger partial charge on any atom is -0.382 e. The fraction of sp³-hybridized carbons (Fsp3) is 0.500. The van der Waals surface area contributed by atoms with E-state index in [0.717, 1.165) is 18.6 Å². The molecule has 4 heteroatoms. The van der Waals surface area contributed by atoms with Gasteiger partial charge in [-0.15, -0.1) is 0 Å². The van der Waals surface area contributed by atoms with Gasteiger partial charge >= 0.3 is 0 Å². The molecular weight excluding hydrogens is 230 g/mol. The highest BCUT2D eigenvalue weighted by Crippen LogP contribution is 2.05. The Hall–Kier alpha value is -1.39. The Kier molecular flexibility index (Phi) is 7.06. The number of ether oxygens (including phenoxy) is 2. The summed E-state index contributed by atoms with van der Waals surface area (Å²) in [6.45, 7) is 4.56. The molecule has 0 unspecified atom stereocenters. The summed E-state index contributed by atoms with van der Waals surface area (Å²) >= 11 is 0. The standard InChI is InChI=1S/C14H21NO3/c1-3-18-10-4-9-15-14(16)13-7-5-12(6-8-13)11-17-2/h5-8H,3-4,9-11H2,1-2H3,(H,15,16). The minimum atomic E-state index is -0.0459. The van der Waals surface area contributed by atoms with Crippen molar-refractivity contribution in [3.8, 4) is 0 Å². The molecule has 0 heterocycles. The maximum atomic E-state index is 11.8. The molecule has 0 fully saturated rings. The molecule has 0 bridgehead atoms. The predicted molar refractivity (Wildman–Crippen MR) is 70.6 cm³/mol. The van der Waals surface area contributed by atoms with Crippen LogP contribution in [0.3, 0.4) is 0 Å². The zero-order valence-corrected chi connectivity index (χ0v) is 11.1. The Balaban J connectivity index is 2.32. The first-order chi connectivity index (χ1) is 8.77. The van der Waals surface area contributed by atoms with Crippen molar-refractivity contribution in [2.45, 2.75) is 20.0 Å². The van der Waals surface area contributed by atoms with E-state index in [9.17, 15) is 4.79 Å². The summed E-state index contributed by atoms with van der Waals surface area (Å²) < 4.78 is 10.2. The van der Waals surface area contributed by atoms with Crippen molar-refractivity contribution >= 4 is 5.91 Å². The number of amides is 1. The molecule has 0 aliphatic heterocycles. The van der Waals surface area contributed by atoms with E-state index in [1.807, 2.05) is 31.2 Å². The van der Waals surface area contributed by atoms with Crippen LogP contribution in [-0.2, 0) is 16.1 Å². The summed E-state index contributed by atoms with van der Waals surface area (Å²) in [7, 11) is 1.65. The van der Waals surface area contributed by atoms with E-state index in [-0.39, 0.29) is 5.91 Å². The molecule has 0 saturated carbocycles. The molecule has 18 heavy (non-hydrogen) atoms. The molecule has 1 N–H and O–H groups in total. The van der Waals surface area contributed by atoms with Crippen molar-refractivity contribution in [2.75, 3.05) is 26.9 Å². The molecule has 0 aliphatic rings. The van der Waals surface area contributed by atoms with Gasteiger partial charge in [-0.2, -0.15) is 0 Å². The minimum absolute atomic E-state index is 0.0459. The number of hydrogen-bond donors (Lipinski definition) is 1.